The molecule has 0 radical (unpaired) electrons. The molecule has 0 spiro atoms. The summed E-state index contributed by atoms with van der Waals surface area (Å²) in [5.74, 6) is -0.656. The molecule has 22 heavy (non-hydrogen) atoms. The van der Waals surface area contributed by atoms with Gasteiger partial charge < -0.3 is 10.2 Å². The molecule has 0 aliphatic carbocycles. The highest BCUT2D eigenvalue weighted by molar-refractivity contribution is 5.91. The first kappa shape index (κ1) is 15.7. The number of rotatable bonds is 5. The third-order valence-corrected chi connectivity index (χ3v) is 3.11. The monoisotopic (exact) mass is 300 g/mol. The van der Waals surface area contributed by atoms with Crippen molar-refractivity contribution in [2.24, 2.45) is 5.16 Å². The van der Waals surface area contributed by atoms with Crippen LogP contribution in [0.2, 0.25) is 0 Å². The van der Waals surface area contributed by atoms with Gasteiger partial charge in [0.2, 0.25) is 0 Å². The van der Waals surface area contributed by atoms with Crippen molar-refractivity contribution in [3.8, 4) is 0 Å². The van der Waals surface area contributed by atoms with Crippen LogP contribution >= 0.6 is 0 Å². The topological polar surface area (TPSA) is 50.7 Å². The molecule has 2 aromatic rings. The van der Waals surface area contributed by atoms with E-state index >= 15 is 0 Å². The fourth-order valence-electron chi connectivity index (χ4n) is 1.80. The van der Waals surface area contributed by atoms with Crippen LogP contribution in [0.25, 0.3) is 0 Å². The number of oxime groups is 1. The second-order valence-electron chi connectivity index (χ2n) is 4.91. The van der Waals surface area contributed by atoms with Crippen LogP contribution in [-0.2, 0) is 9.63 Å². The molecule has 0 aliphatic heterocycles. The maximum atomic E-state index is 12.9. The van der Waals surface area contributed by atoms with Crippen LogP contribution in [0.4, 0.5) is 10.1 Å². The summed E-state index contributed by atoms with van der Waals surface area (Å²) in [4.78, 5) is 16.6. The minimum Gasteiger partial charge on any atom is -0.386 e. The Morgan fingerprint density at radius 1 is 1.23 bits per heavy atom. The first-order chi connectivity index (χ1) is 10.5. The highest BCUT2D eigenvalue weighted by Gasteiger charge is 2.03. The van der Waals surface area contributed by atoms with Gasteiger partial charge in [-0.1, -0.05) is 23.4 Å². The van der Waals surface area contributed by atoms with Crippen molar-refractivity contribution in [3.63, 3.8) is 0 Å². The number of halogens is 1. The van der Waals surface area contributed by atoms with Gasteiger partial charge in [0.1, 0.15) is 5.82 Å². The van der Waals surface area contributed by atoms with Crippen LogP contribution in [0.3, 0.4) is 0 Å². The summed E-state index contributed by atoms with van der Waals surface area (Å²) < 4.78 is 12.9. The highest BCUT2D eigenvalue weighted by atomic mass is 19.1. The molecule has 0 bridgehead atoms. The van der Waals surface area contributed by atoms with Crippen LogP contribution < -0.4 is 5.32 Å². The molecule has 0 saturated carbocycles. The molecule has 4 nitrogen and oxygen atoms in total. The van der Waals surface area contributed by atoms with Crippen LogP contribution in [-0.4, -0.2) is 18.7 Å². The van der Waals surface area contributed by atoms with Crippen molar-refractivity contribution in [1.82, 2.24) is 0 Å². The molecular weight excluding hydrogens is 283 g/mol. The number of nitrogens with zero attached hydrogens (tertiary/aromatic N) is 1. The van der Waals surface area contributed by atoms with E-state index in [-0.39, 0.29) is 18.3 Å². The lowest BCUT2D eigenvalue weighted by Crippen LogP contribution is -2.17. The average Bonchev–Trinajstić information content (AvgIpc) is 2.48. The van der Waals surface area contributed by atoms with Gasteiger partial charge in [0.25, 0.3) is 5.91 Å². The van der Waals surface area contributed by atoms with E-state index in [0.717, 1.165) is 11.1 Å². The largest absolute Gasteiger partial charge is 0.386 e. The first-order valence-corrected chi connectivity index (χ1v) is 6.82. The lowest BCUT2D eigenvalue weighted by atomic mass is 10.1. The normalized spacial score (nSPS) is 10.7. The molecule has 0 aromatic heterocycles. The van der Waals surface area contributed by atoms with Gasteiger partial charge in [-0.15, -0.1) is 0 Å². The molecule has 0 unspecified atom stereocenters. The fraction of sp³-hybridized carbons (Fsp3) is 0.176. The third kappa shape index (κ3) is 4.70. The number of nitrogens with one attached hydrogen (secondary N) is 1. The lowest BCUT2D eigenvalue weighted by Gasteiger charge is -2.06. The second kappa shape index (κ2) is 7.36. The maximum Gasteiger partial charge on any atom is 0.265 e. The van der Waals surface area contributed by atoms with Crippen molar-refractivity contribution in [3.05, 3.63) is 65.0 Å². The minimum absolute atomic E-state index is 0.210. The number of amides is 1. The summed E-state index contributed by atoms with van der Waals surface area (Å²) in [5, 5.41) is 6.36. The maximum absolute atomic E-state index is 12.9. The Kier molecular flexibility index (Phi) is 5.25. The molecule has 0 heterocycles. The quantitative estimate of drug-likeness (QED) is 0.679. The van der Waals surface area contributed by atoms with Crippen molar-refractivity contribution in [1.29, 1.82) is 0 Å². The molecule has 114 valence electrons. The molecular formula is C17H17FN2O2. The average molecular weight is 300 g/mol. The van der Waals surface area contributed by atoms with Gasteiger partial charge in [-0.05, 0) is 54.8 Å². The van der Waals surface area contributed by atoms with Gasteiger partial charge >= 0.3 is 0 Å². The summed E-state index contributed by atoms with van der Waals surface area (Å²) >= 11 is 0. The van der Waals surface area contributed by atoms with Crippen molar-refractivity contribution < 1.29 is 14.0 Å². The van der Waals surface area contributed by atoms with E-state index in [1.54, 1.807) is 12.1 Å². The van der Waals surface area contributed by atoms with Crippen molar-refractivity contribution in [2.45, 2.75) is 13.8 Å². The van der Waals surface area contributed by atoms with Gasteiger partial charge in [0.05, 0.1) is 6.21 Å². The molecule has 0 saturated heterocycles. The predicted octanol–water partition coefficient (Wildman–Crippen LogP) is 3.43. The Morgan fingerprint density at radius 3 is 2.77 bits per heavy atom. The van der Waals surface area contributed by atoms with Gasteiger partial charge in [-0.3, -0.25) is 4.79 Å². The standard InChI is InChI=1S/C17H17FN2O2/c1-12-6-7-16(8-13(12)2)20-17(21)11-22-19-10-14-4-3-5-15(18)9-14/h3-10H,11H2,1-2H3,(H,20,21)/b19-10-. The Balaban J connectivity index is 1.81. The fourth-order valence-corrected chi connectivity index (χ4v) is 1.80. The number of hydrogen-bond acceptors (Lipinski definition) is 3. The van der Waals surface area contributed by atoms with Crippen molar-refractivity contribution >= 4 is 17.8 Å². The van der Waals surface area contributed by atoms with E-state index in [0.29, 0.717) is 11.3 Å². The van der Waals surface area contributed by atoms with Crippen LogP contribution in [0, 0.1) is 19.7 Å². The van der Waals surface area contributed by atoms with Gasteiger partial charge in [-0.25, -0.2) is 4.39 Å². The molecule has 2 rings (SSSR count). The summed E-state index contributed by atoms with van der Waals surface area (Å²) in [6.45, 7) is 3.77. The number of aryl methyl sites for hydroxylation is 2. The molecule has 2 aromatic carbocycles. The highest BCUT2D eigenvalue weighted by Crippen LogP contribution is 2.13. The van der Waals surface area contributed by atoms with Gasteiger partial charge in [0.15, 0.2) is 6.61 Å². The Bertz CT molecular complexity index is 699. The third-order valence-electron chi connectivity index (χ3n) is 3.11. The molecule has 1 N–H and O–H groups in total. The number of benzene rings is 2. The smallest absolute Gasteiger partial charge is 0.265 e. The zero-order valence-corrected chi connectivity index (χ0v) is 12.5. The molecule has 1 amide bonds. The Morgan fingerprint density at radius 2 is 2.05 bits per heavy atom. The van der Waals surface area contributed by atoms with Crippen molar-refractivity contribution in [2.75, 3.05) is 11.9 Å². The van der Waals surface area contributed by atoms with E-state index in [9.17, 15) is 9.18 Å². The van der Waals surface area contributed by atoms with E-state index in [4.69, 9.17) is 4.84 Å². The predicted molar refractivity (Wildman–Crippen MR) is 84.5 cm³/mol. The summed E-state index contributed by atoms with van der Waals surface area (Å²) in [6.07, 6.45) is 1.35. The summed E-state index contributed by atoms with van der Waals surface area (Å²) in [6, 6.07) is 11.6. The van der Waals surface area contributed by atoms with Gasteiger partial charge in [0, 0.05) is 5.69 Å². The van der Waals surface area contributed by atoms with Crippen LogP contribution in [0.1, 0.15) is 16.7 Å². The minimum atomic E-state index is -0.351. The van der Waals surface area contributed by atoms with E-state index in [2.05, 4.69) is 10.5 Å². The Hall–Kier alpha value is -2.69. The lowest BCUT2D eigenvalue weighted by molar-refractivity contribution is -0.120. The van der Waals surface area contributed by atoms with E-state index < -0.39 is 0 Å². The summed E-state index contributed by atoms with van der Waals surface area (Å²) in [5.41, 5.74) is 3.54. The number of carbonyl (C=O) groups excluding carboxylic acids is 1. The first-order valence-electron chi connectivity index (χ1n) is 6.82. The van der Waals surface area contributed by atoms with E-state index in [1.165, 1.54) is 18.3 Å². The van der Waals surface area contributed by atoms with E-state index in [1.807, 2.05) is 32.0 Å². The number of carbonyl (C=O) groups is 1. The molecule has 0 aliphatic rings. The SMILES string of the molecule is Cc1ccc(NC(=O)CO/N=C\c2cccc(F)c2)cc1C. The number of anilines is 1. The second-order valence-corrected chi connectivity index (χ2v) is 4.91. The van der Waals surface area contributed by atoms with Crippen LogP contribution in [0.15, 0.2) is 47.6 Å². The molecule has 5 heteroatoms. The zero-order chi connectivity index (χ0) is 15.9. The summed E-state index contributed by atoms with van der Waals surface area (Å²) in [7, 11) is 0. The van der Waals surface area contributed by atoms with Gasteiger partial charge in [-0.2, -0.15) is 0 Å². The zero-order valence-electron chi connectivity index (χ0n) is 12.5. The van der Waals surface area contributed by atoms with Crippen LogP contribution in [0.5, 0.6) is 0 Å². The number of hydrogen-bond donors (Lipinski definition) is 1. The molecule has 0 fully saturated rings. The Labute approximate surface area is 128 Å². The molecule has 0 atom stereocenters.